The maximum absolute atomic E-state index is 13.0. The van der Waals surface area contributed by atoms with Crippen LogP contribution in [-0.4, -0.2) is 31.8 Å². The number of carbonyl (C=O) groups is 1. The Hall–Kier alpha value is -2.87. The Morgan fingerprint density at radius 1 is 1.03 bits per heavy atom. The highest BCUT2D eigenvalue weighted by molar-refractivity contribution is 7.89. The Bertz CT molecular complexity index is 1270. The first-order valence-electron chi connectivity index (χ1n) is 10.6. The van der Waals surface area contributed by atoms with Gasteiger partial charge in [0.05, 0.1) is 4.90 Å². The first-order valence-corrected chi connectivity index (χ1v) is 12.4. The third kappa shape index (κ3) is 5.21. The summed E-state index contributed by atoms with van der Waals surface area (Å²) in [4.78, 5) is 12.7. The zero-order valence-electron chi connectivity index (χ0n) is 18.5. The standard InChI is InChI=1S/C25H25ClN2O4S/c1-17-12-22(13-18(2)25(17)26)32-16-24(29)27-21-9-8-19-10-11-28(15-20(19)14-21)33(30,31)23-6-4-3-5-7-23/h3-9,12-14H,10-11,15-16H2,1-2H3,(H,27,29). The molecule has 0 fully saturated rings. The number of aryl methyl sites for hydroxylation is 2. The molecule has 0 saturated carbocycles. The second-order valence-electron chi connectivity index (χ2n) is 8.09. The van der Waals surface area contributed by atoms with Crippen LogP contribution in [0.5, 0.6) is 5.75 Å². The molecule has 0 aliphatic carbocycles. The molecule has 1 aliphatic heterocycles. The largest absolute Gasteiger partial charge is 0.484 e. The lowest BCUT2D eigenvalue weighted by atomic mass is 10.0. The van der Waals surface area contributed by atoms with Crippen LogP contribution in [0.25, 0.3) is 0 Å². The number of fused-ring (bicyclic) bond motifs is 1. The fraction of sp³-hybridized carbons (Fsp3) is 0.240. The van der Waals surface area contributed by atoms with Crippen molar-refractivity contribution in [3.63, 3.8) is 0 Å². The smallest absolute Gasteiger partial charge is 0.262 e. The molecule has 1 amide bonds. The minimum atomic E-state index is -3.57. The fourth-order valence-corrected chi connectivity index (χ4v) is 5.44. The first-order chi connectivity index (χ1) is 15.7. The van der Waals surface area contributed by atoms with E-state index in [9.17, 15) is 13.2 Å². The summed E-state index contributed by atoms with van der Waals surface area (Å²) in [7, 11) is -3.57. The molecule has 0 atom stereocenters. The van der Waals surface area contributed by atoms with Crippen LogP contribution in [0.4, 0.5) is 5.69 Å². The quantitative estimate of drug-likeness (QED) is 0.549. The minimum absolute atomic E-state index is 0.147. The highest BCUT2D eigenvalue weighted by Gasteiger charge is 2.28. The van der Waals surface area contributed by atoms with Gasteiger partial charge in [-0.2, -0.15) is 4.31 Å². The van der Waals surface area contributed by atoms with Crippen LogP contribution >= 0.6 is 11.6 Å². The van der Waals surface area contributed by atoms with Crippen molar-refractivity contribution in [1.29, 1.82) is 0 Å². The van der Waals surface area contributed by atoms with E-state index in [1.807, 2.05) is 32.0 Å². The van der Waals surface area contributed by atoms with Gasteiger partial charge in [0.25, 0.3) is 5.91 Å². The van der Waals surface area contributed by atoms with Crippen LogP contribution in [-0.2, 0) is 27.8 Å². The highest BCUT2D eigenvalue weighted by atomic mass is 35.5. The molecule has 6 nitrogen and oxygen atoms in total. The summed E-state index contributed by atoms with van der Waals surface area (Å²) in [6, 6.07) is 17.6. The lowest BCUT2D eigenvalue weighted by Crippen LogP contribution is -2.36. The van der Waals surface area contributed by atoms with E-state index in [0.717, 1.165) is 22.3 Å². The van der Waals surface area contributed by atoms with Crippen LogP contribution in [0.15, 0.2) is 65.6 Å². The molecule has 1 heterocycles. The van der Waals surface area contributed by atoms with Gasteiger partial charge in [0.1, 0.15) is 5.75 Å². The van der Waals surface area contributed by atoms with Crippen LogP contribution < -0.4 is 10.1 Å². The number of anilines is 1. The van der Waals surface area contributed by atoms with E-state index in [1.54, 1.807) is 42.5 Å². The van der Waals surface area contributed by atoms with Crippen molar-refractivity contribution >= 4 is 33.2 Å². The van der Waals surface area contributed by atoms with Crippen LogP contribution in [0, 0.1) is 13.8 Å². The summed E-state index contributed by atoms with van der Waals surface area (Å²) in [6.07, 6.45) is 0.619. The number of ether oxygens (including phenoxy) is 1. The number of benzene rings is 3. The molecule has 3 aromatic rings. The van der Waals surface area contributed by atoms with Crippen molar-refractivity contribution < 1.29 is 17.9 Å². The molecule has 0 aromatic heterocycles. The van der Waals surface area contributed by atoms with Crippen LogP contribution in [0.1, 0.15) is 22.3 Å². The zero-order valence-corrected chi connectivity index (χ0v) is 20.0. The molecule has 33 heavy (non-hydrogen) atoms. The van der Waals surface area contributed by atoms with E-state index >= 15 is 0 Å². The molecule has 0 bridgehead atoms. The van der Waals surface area contributed by atoms with E-state index in [0.29, 0.717) is 29.4 Å². The molecule has 1 N–H and O–H groups in total. The Balaban J connectivity index is 1.42. The lowest BCUT2D eigenvalue weighted by Gasteiger charge is -2.28. The molecule has 0 spiro atoms. The predicted octanol–water partition coefficient (Wildman–Crippen LogP) is 4.72. The minimum Gasteiger partial charge on any atom is -0.484 e. The van der Waals surface area contributed by atoms with Crippen LogP contribution in [0.3, 0.4) is 0 Å². The zero-order chi connectivity index (χ0) is 23.6. The summed E-state index contributed by atoms with van der Waals surface area (Å²) in [5.74, 6) is 0.279. The van der Waals surface area contributed by atoms with Gasteiger partial charge in [-0.1, -0.05) is 35.9 Å². The number of hydrogen-bond acceptors (Lipinski definition) is 4. The number of amides is 1. The third-order valence-electron chi connectivity index (χ3n) is 5.63. The fourth-order valence-electron chi connectivity index (χ4n) is 3.89. The van der Waals surface area contributed by atoms with E-state index in [4.69, 9.17) is 16.3 Å². The molecule has 4 rings (SSSR count). The average Bonchev–Trinajstić information content (AvgIpc) is 2.81. The van der Waals surface area contributed by atoms with E-state index in [-0.39, 0.29) is 24.0 Å². The van der Waals surface area contributed by atoms with Crippen molar-refractivity contribution in [2.24, 2.45) is 0 Å². The van der Waals surface area contributed by atoms with Gasteiger partial charge in [-0.25, -0.2) is 8.42 Å². The summed E-state index contributed by atoms with van der Waals surface area (Å²) in [5, 5.41) is 3.51. The second-order valence-corrected chi connectivity index (χ2v) is 10.4. The number of nitrogens with one attached hydrogen (secondary N) is 1. The maximum Gasteiger partial charge on any atom is 0.262 e. The van der Waals surface area contributed by atoms with Crippen molar-refractivity contribution in [3.05, 3.63) is 87.9 Å². The van der Waals surface area contributed by atoms with Crippen molar-refractivity contribution in [3.8, 4) is 5.75 Å². The molecule has 0 unspecified atom stereocenters. The Kier molecular flexibility index (Phi) is 6.74. The first kappa shape index (κ1) is 23.3. The number of nitrogens with zero attached hydrogens (tertiary/aromatic N) is 1. The Labute approximate surface area is 199 Å². The Morgan fingerprint density at radius 3 is 2.42 bits per heavy atom. The normalized spacial score (nSPS) is 13.9. The summed E-state index contributed by atoms with van der Waals surface area (Å²) < 4.78 is 33.1. The van der Waals surface area contributed by atoms with Gasteiger partial charge in [0.2, 0.25) is 10.0 Å². The summed E-state index contributed by atoms with van der Waals surface area (Å²) in [6.45, 7) is 4.30. The molecule has 3 aromatic carbocycles. The molecular weight excluding hydrogens is 460 g/mol. The SMILES string of the molecule is Cc1cc(OCC(=O)Nc2ccc3c(c2)CN(S(=O)(=O)c2ccccc2)CC3)cc(C)c1Cl. The lowest BCUT2D eigenvalue weighted by molar-refractivity contribution is -0.118. The molecule has 0 radical (unpaired) electrons. The van der Waals surface area contributed by atoms with Gasteiger partial charge in [0.15, 0.2) is 6.61 Å². The molecule has 172 valence electrons. The summed E-state index contributed by atoms with van der Waals surface area (Å²) in [5.41, 5.74) is 4.33. The second kappa shape index (κ2) is 9.55. The summed E-state index contributed by atoms with van der Waals surface area (Å²) >= 11 is 6.17. The number of sulfonamides is 1. The number of hydrogen-bond donors (Lipinski definition) is 1. The molecule has 1 aliphatic rings. The maximum atomic E-state index is 13.0. The molecular formula is C25H25ClN2O4S. The predicted molar refractivity (Wildman–Crippen MR) is 129 cm³/mol. The van der Waals surface area contributed by atoms with Gasteiger partial charge in [-0.05, 0) is 78.9 Å². The number of halogens is 1. The van der Waals surface area contributed by atoms with Crippen molar-refractivity contribution in [2.45, 2.75) is 31.7 Å². The van der Waals surface area contributed by atoms with E-state index < -0.39 is 10.0 Å². The van der Waals surface area contributed by atoms with Crippen molar-refractivity contribution in [1.82, 2.24) is 4.31 Å². The highest BCUT2D eigenvalue weighted by Crippen LogP contribution is 2.28. The van der Waals surface area contributed by atoms with Gasteiger partial charge in [0, 0.05) is 23.8 Å². The number of carbonyl (C=O) groups excluding carboxylic acids is 1. The third-order valence-corrected chi connectivity index (χ3v) is 8.08. The monoisotopic (exact) mass is 484 g/mol. The number of rotatable bonds is 6. The van der Waals surface area contributed by atoms with E-state index in [2.05, 4.69) is 5.32 Å². The molecule has 8 heteroatoms. The van der Waals surface area contributed by atoms with Crippen molar-refractivity contribution in [2.75, 3.05) is 18.5 Å². The van der Waals surface area contributed by atoms with Gasteiger partial charge in [-0.3, -0.25) is 4.79 Å². The average molecular weight is 485 g/mol. The van der Waals surface area contributed by atoms with Crippen LogP contribution in [0.2, 0.25) is 5.02 Å². The topological polar surface area (TPSA) is 75.7 Å². The van der Waals surface area contributed by atoms with E-state index in [1.165, 1.54) is 4.31 Å². The van der Waals surface area contributed by atoms with Gasteiger partial charge < -0.3 is 10.1 Å². The van der Waals surface area contributed by atoms with Gasteiger partial charge >= 0.3 is 0 Å². The molecule has 0 saturated heterocycles. The Morgan fingerprint density at radius 2 is 1.73 bits per heavy atom. The van der Waals surface area contributed by atoms with Gasteiger partial charge in [-0.15, -0.1) is 0 Å².